The second-order valence-corrected chi connectivity index (χ2v) is 5.26. The third kappa shape index (κ3) is 4.85. The third-order valence-corrected chi connectivity index (χ3v) is 3.37. The molecule has 1 heterocycles. The largest absolute Gasteiger partial charge is 0.480 e. The van der Waals surface area contributed by atoms with Gasteiger partial charge in [-0.25, -0.2) is 0 Å². The summed E-state index contributed by atoms with van der Waals surface area (Å²) in [5.41, 5.74) is 0. The molecule has 6 heteroatoms. The minimum Gasteiger partial charge on any atom is -0.480 e. The standard InChI is InChI=1S/C12H17NO4S/c1-9-3-4-10(18-9)7-11(14)13(5-6-17-2)8-12(15)16/h3-4H,5-8H2,1-2H3,(H,15,16). The normalized spacial score (nSPS) is 10.3. The molecule has 18 heavy (non-hydrogen) atoms. The number of amides is 1. The molecule has 0 aliphatic heterocycles. The van der Waals surface area contributed by atoms with Crippen molar-refractivity contribution in [1.29, 1.82) is 0 Å². The average molecular weight is 271 g/mol. The number of carbonyl (C=O) groups is 2. The van der Waals surface area contributed by atoms with Crippen LogP contribution >= 0.6 is 11.3 Å². The second kappa shape index (κ2) is 7.13. The number of methoxy groups -OCH3 is 1. The van der Waals surface area contributed by atoms with Crippen LogP contribution in [0, 0.1) is 6.92 Å². The molecule has 1 aromatic rings. The van der Waals surface area contributed by atoms with Gasteiger partial charge in [-0.1, -0.05) is 0 Å². The molecule has 0 aliphatic carbocycles. The van der Waals surface area contributed by atoms with E-state index in [-0.39, 0.29) is 18.9 Å². The van der Waals surface area contributed by atoms with Crippen LogP contribution in [-0.4, -0.2) is 48.7 Å². The Bertz CT molecular complexity index is 416. The van der Waals surface area contributed by atoms with Crippen molar-refractivity contribution in [2.75, 3.05) is 26.8 Å². The molecule has 100 valence electrons. The highest BCUT2D eigenvalue weighted by molar-refractivity contribution is 7.12. The quantitative estimate of drug-likeness (QED) is 0.808. The Hall–Kier alpha value is -1.40. The highest BCUT2D eigenvalue weighted by Crippen LogP contribution is 2.16. The molecule has 0 aliphatic rings. The van der Waals surface area contributed by atoms with Gasteiger partial charge in [0.2, 0.25) is 5.91 Å². The van der Waals surface area contributed by atoms with Gasteiger partial charge in [0.25, 0.3) is 0 Å². The number of carboxylic acids is 1. The van der Waals surface area contributed by atoms with Crippen LogP contribution in [0.4, 0.5) is 0 Å². The predicted molar refractivity (Wildman–Crippen MR) is 68.9 cm³/mol. The summed E-state index contributed by atoms with van der Waals surface area (Å²) < 4.78 is 4.87. The summed E-state index contributed by atoms with van der Waals surface area (Å²) in [5.74, 6) is -1.20. The van der Waals surface area contributed by atoms with Crippen molar-refractivity contribution in [3.63, 3.8) is 0 Å². The van der Waals surface area contributed by atoms with Crippen LogP contribution < -0.4 is 0 Å². The molecule has 1 rings (SSSR count). The topological polar surface area (TPSA) is 66.8 Å². The van der Waals surface area contributed by atoms with Crippen LogP contribution in [0.15, 0.2) is 12.1 Å². The van der Waals surface area contributed by atoms with Crippen LogP contribution in [0.5, 0.6) is 0 Å². The monoisotopic (exact) mass is 271 g/mol. The Morgan fingerprint density at radius 3 is 2.67 bits per heavy atom. The SMILES string of the molecule is COCCN(CC(=O)O)C(=O)Cc1ccc(C)s1. The van der Waals surface area contributed by atoms with Gasteiger partial charge in [0.05, 0.1) is 13.0 Å². The molecule has 0 aromatic carbocycles. The zero-order valence-electron chi connectivity index (χ0n) is 10.5. The van der Waals surface area contributed by atoms with Gasteiger partial charge >= 0.3 is 5.97 Å². The first-order valence-corrected chi connectivity index (χ1v) is 6.38. The number of rotatable bonds is 7. The van der Waals surface area contributed by atoms with Crippen LogP contribution in [0.3, 0.4) is 0 Å². The first-order valence-electron chi connectivity index (χ1n) is 5.56. The summed E-state index contributed by atoms with van der Waals surface area (Å²) in [7, 11) is 1.52. The lowest BCUT2D eigenvalue weighted by Gasteiger charge is -2.19. The lowest BCUT2D eigenvalue weighted by Crippen LogP contribution is -2.38. The van der Waals surface area contributed by atoms with Gasteiger partial charge in [0.15, 0.2) is 0 Å². The molecular formula is C12H17NO4S. The molecule has 1 amide bonds. The molecule has 0 saturated carbocycles. The Labute approximate surface area is 110 Å². The summed E-state index contributed by atoms with van der Waals surface area (Å²) in [6, 6.07) is 3.84. The van der Waals surface area contributed by atoms with E-state index in [1.54, 1.807) is 11.3 Å². The van der Waals surface area contributed by atoms with Crippen LogP contribution in [0.25, 0.3) is 0 Å². The van der Waals surface area contributed by atoms with Gasteiger partial charge < -0.3 is 14.7 Å². The first-order chi connectivity index (χ1) is 8.52. The van der Waals surface area contributed by atoms with E-state index in [1.165, 1.54) is 12.0 Å². The molecule has 1 N–H and O–H groups in total. The fraction of sp³-hybridized carbons (Fsp3) is 0.500. The van der Waals surface area contributed by atoms with Crippen molar-refractivity contribution in [3.05, 3.63) is 21.9 Å². The maximum absolute atomic E-state index is 12.0. The zero-order chi connectivity index (χ0) is 13.5. The van der Waals surface area contributed by atoms with Gasteiger partial charge in [-0.2, -0.15) is 0 Å². The van der Waals surface area contributed by atoms with Crippen molar-refractivity contribution in [2.24, 2.45) is 0 Å². The summed E-state index contributed by atoms with van der Waals surface area (Å²) in [4.78, 5) is 26.1. The van der Waals surface area contributed by atoms with E-state index >= 15 is 0 Å². The number of carboxylic acid groups (broad SMARTS) is 1. The van der Waals surface area contributed by atoms with E-state index < -0.39 is 5.97 Å². The maximum Gasteiger partial charge on any atom is 0.323 e. The fourth-order valence-corrected chi connectivity index (χ4v) is 2.38. The number of thiophene rings is 1. The average Bonchev–Trinajstić information content (AvgIpc) is 2.69. The number of hydrogen-bond donors (Lipinski definition) is 1. The Morgan fingerprint density at radius 2 is 2.17 bits per heavy atom. The van der Waals surface area contributed by atoms with Crippen molar-refractivity contribution >= 4 is 23.2 Å². The smallest absolute Gasteiger partial charge is 0.323 e. The number of carbonyl (C=O) groups excluding carboxylic acids is 1. The van der Waals surface area contributed by atoms with Crippen molar-refractivity contribution < 1.29 is 19.4 Å². The zero-order valence-corrected chi connectivity index (χ0v) is 11.3. The van der Waals surface area contributed by atoms with Crippen molar-refractivity contribution in [2.45, 2.75) is 13.3 Å². The third-order valence-electron chi connectivity index (χ3n) is 2.37. The number of aliphatic carboxylic acids is 1. The molecule has 5 nitrogen and oxygen atoms in total. The minimum atomic E-state index is -1.01. The van der Waals surface area contributed by atoms with E-state index in [0.717, 1.165) is 9.75 Å². The van der Waals surface area contributed by atoms with Gasteiger partial charge in [0.1, 0.15) is 6.54 Å². The second-order valence-electron chi connectivity index (χ2n) is 3.89. The van der Waals surface area contributed by atoms with E-state index in [9.17, 15) is 9.59 Å². The van der Waals surface area contributed by atoms with E-state index in [2.05, 4.69) is 0 Å². The van der Waals surface area contributed by atoms with Crippen molar-refractivity contribution in [1.82, 2.24) is 4.90 Å². The number of aryl methyl sites for hydroxylation is 1. The number of hydrogen-bond acceptors (Lipinski definition) is 4. The molecule has 0 spiro atoms. The summed E-state index contributed by atoms with van der Waals surface area (Å²) in [6.45, 7) is 2.32. The molecule has 1 aromatic heterocycles. The van der Waals surface area contributed by atoms with E-state index in [4.69, 9.17) is 9.84 Å². The molecule has 0 atom stereocenters. The van der Waals surface area contributed by atoms with Crippen molar-refractivity contribution in [3.8, 4) is 0 Å². The van der Waals surface area contributed by atoms with Crippen LogP contribution in [-0.2, 0) is 20.7 Å². The predicted octanol–water partition coefficient (Wildman–Crippen LogP) is 1.16. The Balaban J connectivity index is 2.60. The van der Waals surface area contributed by atoms with Gasteiger partial charge in [-0.3, -0.25) is 9.59 Å². The number of ether oxygens (including phenoxy) is 1. The highest BCUT2D eigenvalue weighted by Gasteiger charge is 2.17. The Kier molecular flexibility index (Phi) is 5.80. The number of nitrogens with zero attached hydrogens (tertiary/aromatic N) is 1. The fourth-order valence-electron chi connectivity index (χ4n) is 1.50. The van der Waals surface area contributed by atoms with Gasteiger partial charge in [0, 0.05) is 23.4 Å². The summed E-state index contributed by atoms with van der Waals surface area (Å²) >= 11 is 1.55. The highest BCUT2D eigenvalue weighted by atomic mass is 32.1. The molecule has 0 saturated heterocycles. The van der Waals surface area contributed by atoms with Gasteiger partial charge in [-0.05, 0) is 19.1 Å². The lowest BCUT2D eigenvalue weighted by atomic mass is 10.3. The minimum absolute atomic E-state index is 0.184. The molecule has 0 bridgehead atoms. The molecular weight excluding hydrogens is 254 g/mol. The van der Waals surface area contributed by atoms with E-state index in [1.807, 2.05) is 19.1 Å². The molecule has 0 fully saturated rings. The van der Waals surface area contributed by atoms with E-state index in [0.29, 0.717) is 13.2 Å². The summed E-state index contributed by atoms with van der Waals surface area (Å²) in [6.07, 6.45) is 0.246. The van der Waals surface area contributed by atoms with Crippen LogP contribution in [0.1, 0.15) is 9.75 Å². The maximum atomic E-state index is 12.0. The molecule has 0 radical (unpaired) electrons. The lowest BCUT2D eigenvalue weighted by molar-refractivity contribution is -0.144. The first kappa shape index (κ1) is 14.7. The molecule has 0 unspecified atom stereocenters. The Morgan fingerprint density at radius 1 is 1.44 bits per heavy atom. The van der Waals surface area contributed by atoms with Gasteiger partial charge in [-0.15, -0.1) is 11.3 Å². The summed E-state index contributed by atoms with van der Waals surface area (Å²) in [5, 5.41) is 8.77. The van der Waals surface area contributed by atoms with Crippen LogP contribution in [0.2, 0.25) is 0 Å².